The Morgan fingerprint density at radius 2 is 1.64 bits per heavy atom. The average Bonchev–Trinajstić information content (AvgIpc) is 3.43. The maximum absolute atomic E-state index is 12.3. The fourth-order valence-corrected chi connectivity index (χ4v) is 4.48. The molecule has 2 amide bonds. The fourth-order valence-electron chi connectivity index (χ4n) is 4.48. The van der Waals surface area contributed by atoms with Gasteiger partial charge in [0.2, 0.25) is 24.0 Å². The minimum Gasteiger partial charge on any atom is -0.445 e. The number of ether oxygens (including phenoxy) is 3. The van der Waals surface area contributed by atoms with Gasteiger partial charge in [0.05, 0.1) is 11.3 Å². The number of aromatic nitrogens is 2. The molecule has 11 heteroatoms. The lowest BCUT2D eigenvalue weighted by atomic mass is 10.0. The number of hydrogen-bond donors (Lipinski definition) is 2. The fraction of sp³-hybridized carbons (Fsp3) is 0.571. The highest BCUT2D eigenvalue weighted by molar-refractivity contribution is 5.71. The molecule has 2 aromatic heterocycles. The number of rotatable bonds is 12. The number of amides is 2. The molecular formula is C28H43IN4O6+2. The van der Waals surface area contributed by atoms with E-state index in [-0.39, 0.29) is 62.0 Å². The van der Waals surface area contributed by atoms with Gasteiger partial charge in [-0.25, -0.2) is 9.59 Å². The first kappa shape index (κ1) is 32.4. The van der Waals surface area contributed by atoms with Crippen molar-refractivity contribution in [2.45, 2.75) is 105 Å². The molecule has 1 aliphatic heterocycles. The van der Waals surface area contributed by atoms with Crippen LogP contribution in [-0.4, -0.2) is 34.8 Å². The molecule has 0 radical (unpaired) electrons. The first-order chi connectivity index (χ1) is 18.2. The Hall–Kier alpha value is -2.83. The molecule has 0 aromatic carbocycles. The van der Waals surface area contributed by atoms with Gasteiger partial charge in [0, 0.05) is 47.9 Å². The standard InChI is InChI=1S/C28H40N4O6.H2I/c1-6-7-12-25(33)38-18-31-13-8-10-21(15-31)26-23(17-37-28(35)30-20(4)5)22(24-11-9-14-32(24)26)16-36-27(34)29-19(2)3;/h8,10,13,15,19-20H,6-7,9,11-12,14,16-18H2,1-5H3,(H-,29,30,34,35);1H2/q;+1/p+1. The lowest BCUT2D eigenvalue weighted by Gasteiger charge is -2.14. The van der Waals surface area contributed by atoms with Crippen LogP contribution < -0.4 is 39.2 Å². The summed E-state index contributed by atoms with van der Waals surface area (Å²) in [5.41, 5.74) is 4.52. The molecule has 39 heavy (non-hydrogen) atoms. The molecule has 3 heterocycles. The van der Waals surface area contributed by atoms with Gasteiger partial charge >= 0.3 is 18.2 Å². The van der Waals surface area contributed by atoms with Crippen molar-refractivity contribution < 1.29 is 57.1 Å². The maximum atomic E-state index is 12.3. The van der Waals surface area contributed by atoms with E-state index in [0.29, 0.717) is 6.42 Å². The van der Waals surface area contributed by atoms with Crippen LogP contribution in [0.2, 0.25) is 0 Å². The quantitative estimate of drug-likeness (QED) is 0.151. The molecule has 0 spiro atoms. The lowest BCUT2D eigenvalue weighted by molar-refractivity contribution is -0.727. The number of fused-ring (bicyclic) bond motifs is 1. The highest BCUT2D eigenvalue weighted by atomic mass is 127. The Balaban J connectivity index is 0.00000533. The third kappa shape index (κ3) is 9.40. The monoisotopic (exact) mass is 658 g/mol. The van der Waals surface area contributed by atoms with Crippen LogP contribution in [0.25, 0.3) is 11.3 Å². The van der Waals surface area contributed by atoms with Gasteiger partial charge in [0.25, 0.3) is 6.73 Å². The van der Waals surface area contributed by atoms with Crippen molar-refractivity contribution in [3.05, 3.63) is 41.3 Å². The number of nitrogens with zero attached hydrogens (tertiary/aromatic N) is 2. The van der Waals surface area contributed by atoms with Crippen LogP contribution in [0.3, 0.4) is 0 Å². The van der Waals surface area contributed by atoms with E-state index >= 15 is 0 Å². The minimum absolute atomic E-state index is 0. The second-order valence-corrected chi connectivity index (χ2v) is 10.1. The smallest absolute Gasteiger partial charge is 0.407 e. The highest BCUT2D eigenvalue weighted by Crippen LogP contribution is 2.36. The largest absolute Gasteiger partial charge is 0.445 e. The van der Waals surface area contributed by atoms with E-state index in [9.17, 15) is 14.4 Å². The summed E-state index contributed by atoms with van der Waals surface area (Å²) in [7, 11) is 0. The van der Waals surface area contributed by atoms with Gasteiger partial charge in [-0.05, 0) is 53.0 Å². The number of halogens is 1. The van der Waals surface area contributed by atoms with E-state index in [4.69, 9.17) is 14.2 Å². The zero-order valence-corrected chi connectivity index (χ0v) is 26.2. The number of carbonyl (C=O) groups excluding carboxylic acids is 3. The number of unbranched alkanes of at least 4 members (excludes halogenated alkanes) is 1. The SMILES string of the molecule is CCCCC(=O)OC[n+]1cccc(-c2c(COC(=O)NC(C)C)c(COC(=O)NC(C)C)c3n2CCC3)c1.[IH2+]. The summed E-state index contributed by atoms with van der Waals surface area (Å²) in [5.74, 6) is -0.224. The molecule has 2 aromatic rings. The summed E-state index contributed by atoms with van der Waals surface area (Å²) < 4.78 is 20.6. The van der Waals surface area contributed by atoms with Crippen molar-refractivity contribution >= 4 is 18.2 Å². The predicted molar refractivity (Wildman–Crippen MR) is 144 cm³/mol. The second kappa shape index (κ2) is 15.7. The summed E-state index contributed by atoms with van der Waals surface area (Å²) in [6.45, 7) is 10.5. The molecule has 1 aliphatic rings. The third-order valence-electron chi connectivity index (χ3n) is 6.14. The maximum Gasteiger partial charge on any atom is 0.407 e. The van der Waals surface area contributed by atoms with Crippen molar-refractivity contribution in [1.82, 2.24) is 15.2 Å². The van der Waals surface area contributed by atoms with Gasteiger partial charge in [-0.3, -0.25) is 4.79 Å². The zero-order valence-electron chi connectivity index (χ0n) is 23.6. The van der Waals surface area contributed by atoms with Gasteiger partial charge in [0.15, 0.2) is 12.4 Å². The van der Waals surface area contributed by atoms with Gasteiger partial charge in [-0.15, -0.1) is 0 Å². The minimum atomic E-state index is -0.510. The van der Waals surface area contributed by atoms with Gasteiger partial charge in [-0.1, -0.05) is 13.3 Å². The van der Waals surface area contributed by atoms with Crippen molar-refractivity contribution in [2.75, 3.05) is 0 Å². The van der Waals surface area contributed by atoms with Crippen molar-refractivity contribution in [3.8, 4) is 11.3 Å². The van der Waals surface area contributed by atoms with Crippen molar-refractivity contribution in [1.29, 1.82) is 0 Å². The van der Waals surface area contributed by atoms with Crippen LogP contribution in [0, 0.1) is 0 Å². The number of carbonyl (C=O) groups is 3. The molecule has 0 bridgehead atoms. The van der Waals surface area contributed by atoms with E-state index in [0.717, 1.165) is 60.3 Å². The summed E-state index contributed by atoms with van der Waals surface area (Å²) in [4.78, 5) is 36.6. The molecule has 216 valence electrons. The first-order valence-corrected chi connectivity index (χ1v) is 13.4. The third-order valence-corrected chi connectivity index (χ3v) is 6.14. The van der Waals surface area contributed by atoms with Crippen molar-refractivity contribution in [2.24, 2.45) is 0 Å². The average molecular weight is 659 g/mol. The van der Waals surface area contributed by atoms with Gasteiger partial charge < -0.3 is 29.4 Å². The topological polar surface area (TPSA) is 112 Å². The van der Waals surface area contributed by atoms with Crippen LogP contribution in [0.1, 0.15) is 77.1 Å². The number of pyridine rings is 1. The van der Waals surface area contributed by atoms with E-state index in [2.05, 4.69) is 15.2 Å². The van der Waals surface area contributed by atoms with E-state index < -0.39 is 12.2 Å². The Bertz CT molecular complexity index is 1130. The molecule has 3 rings (SSSR count). The number of esters is 1. The molecule has 0 aliphatic carbocycles. The Morgan fingerprint density at radius 1 is 1.00 bits per heavy atom. The Morgan fingerprint density at radius 3 is 2.26 bits per heavy atom. The molecule has 2 N–H and O–H groups in total. The van der Waals surface area contributed by atoms with Crippen LogP contribution >= 0.6 is 0 Å². The van der Waals surface area contributed by atoms with Crippen LogP contribution in [0.4, 0.5) is 9.59 Å². The molecule has 0 saturated heterocycles. The Kier molecular flexibility index (Phi) is 13.0. The predicted octanol–water partition coefficient (Wildman–Crippen LogP) is 0.818. The van der Waals surface area contributed by atoms with Crippen LogP contribution in [0.5, 0.6) is 0 Å². The summed E-state index contributed by atoms with van der Waals surface area (Å²) in [6, 6.07) is 3.77. The normalized spacial score (nSPS) is 12.1. The van der Waals surface area contributed by atoms with Crippen LogP contribution in [0.15, 0.2) is 24.5 Å². The zero-order chi connectivity index (χ0) is 27.7. The summed E-state index contributed by atoms with van der Waals surface area (Å²) >= 11 is 0. The molecule has 0 saturated carbocycles. The van der Waals surface area contributed by atoms with E-state index in [1.165, 1.54) is 0 Å². The Labute approximate surface area is 247 Å². The molecular weight excluding hydrogens is 615 g/mol. The summed E-state index contributed by atoms with van der Waals surface area (Å²) in [5, 5.41) is 5.49. The van der Waals surface area contributed by atoms with E-state index in [1.807, 2.05) is 63.7 Å². The molecule has 0 fully saturated rings. The lowest BCUT2D eigenvalue weighted by Crippen LogP contribution is -3.00. The summed E-state index contributed by atoms with van der Waals surface area (Å²) in [6.07, 6.45) is 6.68. The van der Waals surface area contributed by atoms with Crippen molar-refractivity contribution in [3.63, 3.8) is 0 Å². The number of nitrogens with one attached hydrogen (secondary N) is 2. The van der Waals surface area contributed by atoms with Gasteiger partial charge in [0.1, 0.15) is 13.2 Å². The second-order valence-electron chi connectivity index (χ2n) is 10.1. The van der Waals surface area contributed by atoms with Crippen LogP contribution in [-0.2, 0) is 51.9 Å². The number of alkyl carbamates (subject to hydrolysis) is 2. The molecule has 10 nitrogen and oxygen atoms in total. The number of hydrogen-bond acceptors (Lipinski definition) is 6. The molecule has 0 unspecified atom stereocenters. The first-order valence-electron chi connectivity index (χ1n) is 13.4. The van der Waals surface area contributed by atoms with E-state index in [1.54, 1.807) is 0 Å². The van der Waals surface area contributed by atoms with Gasteiger partial charge in [-0.2, -0.15) is 4.57 Å². The molecule has 0 atom stereocenters. The highest BCUT2D eigenvalue weighted by Gasteiger charge is 2.29.